The summed E-state index contributed by atoms with van der Waals surface area (Å²) in [4.78, 5) is 17.4. The summed E-state index contributed by atoms with van der Waals surface area (Å²) in [6.07, 6.45) is 0. The van der Waals surface area contributed by atoms with Gasteiger partial charge in [-0.3, -0.25) is 4.79 Å². The molecular weight excluding hydrogens is 454 g/mol. The van der Waals surface area contributed by atoms with E-state index in [1.54, 1.807) is 38.3 Å². The van der Waals surface area contributed by atoms with Crippen LogP contribution in [0, 0.1) is 0 Å². The molecule has 0 saturated carbocycles. The van der Waals surface area contributed by atoms with Gasteiger partial charge in [0.1, 0.15) is 5.75 Å². The number of hydrogen-bond donors (Lipinski definition) is 0. The number of amides is 1. The number of rotatable bonds is 5. The number of ether oxygens (including phenoxy) is 1. The summed E-state index contributed by atoms with van der Waals surface area (Å²) in [6, 6.07) is 14.2. The van der Waals surface area contributed by atoms with Crippen molar-refractivity contribution >= 4 is 49.7 Å². The highest BCUT2D eigenvalue weighted by atomic mass is 79.9. The predicted molar refractivity (Wildman–Crippen MR) is 117 cm³/mol. The predicted octanol–water partition coefficient (Wildman–Crippen LogP) is 5.46. The zero-order valence-corrected chi connectivity index (χ0v) is 18.0. The molecule has 0 aliphatic carbocycles. The van der Waals surface area contributed by atoms with E-state index in [-0.39, 0.29) is 5.91 Å². The molecule has 2 aromatic carbocycles. The monoisotopic (exact) mass is 469 g/mol. The summed E-state index contributed by atoms with van der Waals surface area (Å²) in [7, 11) is 1.60. The van der Waals surface area contributed by atoms with Crippen LogP contribution in [0.25, 0.3) is 11.3 Å². The molecular formula is C20H16BrN5O2S. The summed E-state index contributed by atoms with van der Waals surface area (Å²) in [6.45, 7) is 1.76. The Bertz CT molecular complexity index is 1090. The third-order valence-electron chi connectivity index (χ3n) is 4.27. The maximum atomic E-state index is 12.8. The smallest absolute Gasteiger partial charge is 0.282 e. The van der Waals surface area contributed by atoms with Crippen molar-refractivity contribution in [3.63, 3.8) is 0 Å². The molecule has 0 bridgehead atoms. The molecule has 2 heterocycles. The molecule has 3 aromatic rings. The van der Waals surface area contributed by atoms with Crippen molar-refractivity contribution in [2.24, 2.45) is 15.3 Å². The number of thiazole rings is 1. The fraction of sp³-hybridized carbons (Fsp3) is 0.150. The second-order valence-electron chi connectivity index (χ2n) is 6.23. The van der Waals surface area contributed by atoms with E-state index in [0.717, 1.165) is 21.5 Å². The Balaban J connectivity index is 1.51. The number of anilines is 1. The lowest BCUT2D eigenvalue weighted by molar-refractivity contribution is -0.117. The van der Waals surface area contributed by atoms with Gasteiger partial charge in [-0.05, 0) is 43.3 Å². The van der Waals surface area contributed by atoms with Crippen molar-refractivity contribution in [1.82, 2.24) is 4.98 Å². The van der Waals surface area contributed by atoms with E-state index in [0.29, 0.717) is 16.5 Å². The molecule has 29 heavy (non-hydrogen) atoms. The van der Waals surface area contributed by atoms with Crippen molar-refractivity contribution in [2.45, 2.75) is 13.0 Å². The van der Waals surface area contributed by atoms with Crippen LogP contribution in [0.1, 0.15) is 6.92 Å². The molecule has 4 rings (SSSR count). The zero-order chi connectivity index (χ0) is 20.4. The standard InChI is InChI=1S/C20H16BrN5O2S/c1-12-18(24-23-15-7-9-16(28-2)10-8-15)19(27)26(25-12)20-22-17(11-29-20)13-3-5-14(21)6-4-13/h3-11,18H,1-2H3/t18-/m1/s1. The first-order chi connectivity index (χ1) is 14.0. The van der Waals surface area contributed by atoms with Gasteiger partial charge in [-0.2, -0.15) is 20.3 Å². The number of halogens is 1. The number of carbonyl (C=O) groups excluding carboxylic acids is 1. The third-order valence-corrected chi connectivity index (χ3v) is 5.62. The Kier molecular flexibility index (Phi) is 5.50. The van der Waals surface area contributed by atoms with E-state index in [4.69, 9.17) is 4.74 Å². The van der Waals surface area contributed by atoms with Crippen LogP contribution in [0.3, 0.4) is 0 Å². The fourth-order valence-corrected chi connectivity index (χ4v) is 3.77. The van der Waals surface area contributed by atoms with Crippen LogP contribution in [-0.4, -0.2) is 29.8 Å². The highest BCUT2D eigenvalue weighted by Gasteiger charge is 2.36. The molecule has 1 amide bonds. The van der Waals surface area contributed by atoms with E-state index >= 15 is 0 Å². The molecule has 0 fully saturated rings. The minimum absolute atomic E-state index is 0.267. The normalized spacial score (nSPS) is 16.5. The van der Waals surface area contributed by atoms with Gasteiger partial charge in [0.05, 0.1) is 24.2 Å². The number of aromatic nitrogens is 1. The molecule has 1 aliphatic rings. The molecule has 9 heteroatoms. The van der Waals surface area contributed by atoms with Crippen molar-refractivity contribution in [1.29, 1.82) is 0 Å². The van der Waals surface area contributed by atoms with Crippen LogP contribution in [0.15, 0.2) is 73.7 Å². The maximum Gasteiger partial charge on any atom is 0.282 e. The topological polar surface area (TPSA) is 79.5 Å². The van der Waals surface area contributed by atoms with Crippen LogP contribution in [0.5, 0.6) is 5.75 Å². The molecule has 0 saturated heterocycles. The Hall–Kier alpha value is -2.91. The molecule has 146 valence electrons. The summed E-state index contributed by atoms with van der Waals surface area (Å²) in [5.41, 5.74) is 2.98. The molecule has 0 N–H and O–H groups in total. The Morgan fingerprint density at radius 3 is 2.55 bits per heavy atom. The van der Waals surface area contributed by atoms with Gasteiger partial charge in [0.15, 0.2) is 6.04 Å². The maximum absolute atomic E-state index is 12.8. The summed E-state index contributed by atoms with van der Waals surface area (Å²) in [5, 5.41) is 16.4. The third kappa shape index (κ3) is 4.10. The van der Waals surface area contributed by atoms with E-state index in [2.05, 4.69) is 36.2 Å². The van der Waals surface area contributed by atoms with Crippen molar-refractivity contribution in [2.75, 3.05) is 12.1 Å². The molecule has 7 nitrogen and oxygen atoms in total. The van der Waals surface area contributed by atoms with Gasteiger partial charge in [-0.1, -0.05) is 28.1 Å². The quantitative estimate of drug-likeness (QED) is 0.465. The lowest BCUT2D eigenvalue weighted by atomic mass is 10.2. The summed E-state index contributed by atoms with van der Waals surface area (Å²) >= 11 is 4.78. The Labute approximate surface area is 179 Å². The Morgan fingerprint density at radius 1 is 1.14 bits per heavy atom. The molecule has 1 aromatic heterocycles. The first kappa shape index (κ1) is 19.4. The van der Waals surface area contributed by atoms with E-state index in [1.807, 2.05) is 29.6 Å². The lowest BCUT2D eigenvalue weighted by Crippen LogP contribution is -2.29. The van der Waals surface area contributed by atoms with Crippen LogP contribution >= 0.6 is 27.3 Å². The number of hydrogen-bond acceptors (Lipinski definition) is 7. The average Bonchev–Trinajstić information content (AvgIpc) is 3.32. The number of azo groups is 1. The first-order valence-electron chi connectivity index (χ1n) is 8.70. The van der Waals surface area contributed by atoms with Crippen molar-refractivity contribution in [3.8, 4) is 17.0 Å². The van der Waals surface area contributed by atoms with Gasteiger partial charge in [0, 0.05) is 15.4 Å². The zero-order valence-electron chi connectivity index (χ0n) is 15.6. The summed E-state index contributed by atoms with van der Waals surface area (Å²) in [5.74, 6) is 0.464. The number of carbonyl (C=O) groups is 1. The lowest BCUT2D eigenvalue weighted by Gasteiger charge is -2.08. The SMILES string of the molecule is COc1ccc(N=N[C@H]2C(=O)N(c3nc(-c4ccc(Br)cc4)cs3)N=C2C)cc1. The van der Waals surface area contributed by atoms with Crippen LogP contribution in [0.4, 0.5) is 10.8 Å². The van der Waals surface area contributed by atoms with Gasteiger partial charge < -0.3 is 4.74 Å². The highest BCUT2D eigenvalue weighted by molar-refractivity contribution is 9.10. The van der Waals surface area contributed by atoms with Gasteiger partial charge in [-0.15, -0.1) is 11.3 Å². The number of nitrogens with zero attached hydrogens (tertiary/aromatic N) is 5. The molecule has 0 radical (unpaired) electrons. The van der Waals surface area contributed by atoms with Crippen LogP contribution < -0.4 is 9.75 Å². The second-order valence-corrected chi connectivity index (χ2v) is 7.98. The van der Waals surface area contributed by atoms with Gasteiger partial charge in [0.2, 0.25) is 5.13 Å². The van der Waals surface area contributed by atoms with E-state index in [1.165, 1.54) is 16.3 Å². The number of hydrazone groups is 1. The van der Waals surface area contributed by atoms with E-state index < -0.39 is 6.04 Å². The van der Waals surface area contributed by atoms with Crippen LogP contribution in [0.2, 0.25) is 0 Å². The second kappa shape index (κ2) is 8.22. The fourth-order valence-electron chi connectivity index (χ4n) is 2.71. The molecule has 1 atom stereocenters. The van der Waals surface area contributed by atoms with Crippen molar-refractivity contribution in [3.05, 3.63) is 58.4 Å². The molecule has 0 spiro atoms. The minimum Gasteiger partial charge on any atom is -0.497 e. The Morgan fingerprint density at radius 2 is 1.86 bits per heavy atom. The highest BCUT2D eigenvalue weighted by Crippen LogP contribution is 2.31. The molecule has 0 unspecified atom stereocenters. The summed E-state index contributed by atoms with van der Waals surface area (Å²) < 4.78 is 6.12. The van der Waals surface area contributed by atoms with Crippen molar-refractivity contribution < 1.29 is 9.53 Å². The van der Waals surface area contributed by atoms with Gasteiger partial charge in [0.25, 0.3) is 5.91 Å². The largest absolute Gasteiger partial charge is 0.497 e. The van der Waals surface area contributed by atoms with Gasteiger partial charge in [-0.25, -0.2) is 4.98 Å². The van der Waals surface area contributed by atoms with Gasteiger partial charge >= 0.3 is 0 Å². The first-order valence-corrected chi connectivity index (χ1v) is 10.4. The number of methoxy groups -OCH3 is 1. The minimum atomic E-state index is -0.753. The van der Waals surface area contributed by atoms with E-state index in [9.17, 15) is 4.79 Å². The average molecular weight is 470 g/mol. The number of benzene rings is 2. The molecule has 1 aliphatic heterocycles. The van der Waals surface area contributed by atoms with Crippen LogP contribution in [-0.2, 0) is 4.79 Å².